The van der Waals surface area contributed by atoms with Crippen molar-refractivity contribution in [1.29, 1.82) is 5.26 Å². The number of carbonyl (C=O) groups is 2. The maximum absolute atomic E-state index is 12.2. The fourth-order valence-corrected chi connectivity index (χ4v) is 1.97. The van der Waals surface area contributed by atoms with Crippen LogP contribution in [-0.4, -0.2) is 30.8 Å². The van der Waals surface area contributed by atoms with E-state index in [1.807, 2.05) is 36.4 Å². The highest BCUT2D eigenvalue weighted by Crippen LogP contribution is 2.19. The molecule has 5 nitrogen and oxygen atoms in total. The van der Waals surface area contributed by atoms with E-state index in [2.05, 4.69) is 17.9 Å². The molecule has 0 spiro atoms. The van der Waals surface area contributed by atoms with E-state index >= 15 is 0 Å². The van der Waals surface area contributed by atoms with Gasteiger partial charge in [-0.2, -0.15) is 17.9 Å². The van der Waals surface area contributed by atoms with Crippen molar-refractivity contribution in [2.75, 3.05) is 18.9 Å². The summed E-state index contributed by atoms with van der Waals surface area (Å²) in [7, 11) is 0. The van der Waals surface area contributed by atoms with Gasteiger partial charge in [-0.15, -0.1) is 0 Å². The second-order valence-corrected chi connectivity index (χ2v) is 4.94. The van der Waals surface area contributed by atoms with E-state index in [1.54, 1.807) is 0 Å². The second kappa shape index (κ2) is 8.32. The number of rotatable bonds is 7. The van der Waals surface area contributed by atoms with Crippen molar-refractivity contribution >= 4 is 24.5 Å². The molecule has 6 heteroatoms. The van der Waals surface area contributed by atoms with Crippen LogP contribution in [0.25, 0.3) is 0 Å². The molecule has 112 valence electrons. The highest BCUT2D eigenvalue weighted by atomic mass is 32.1. The van der Waals surface area contributed by atoms with Gasteiger partial charge in [0.2, 0.25) is 5.91 Å². The van der Waals surface area contributed by atoms with Crippen molar-refractivity contribution in [1.82, 2.24) is 5.32 Å². The minimum atomic E-state index is -1.45. The molecule has 1 aromatic rings. The zero-order chi connectivity index (χ0) is 15.7. The Balaban J connectivity index is 2.57. The van der Waals surface area contributed by atoms with E-state index in [1.165, 1.54) is 6.92 Å². The fourth-order valence-electron chi connectivity index (χ4n) is 1.66. The average Bonchev–Trinajstić information content (AvgIpc) is 2.49. The normalized spacial score (nSPS) is 12.8. The Bertz CT molecular complexity index is 527. The lowest BCUT2D eigenvalue weighted by molar-refractivity contribution is -0.145. The van der Waals surface area contributed by atoms with Crippen LogP contribution in [0.5, 0.6) is 0 Å². The van der Waals surface area contributed by atoms with Crippen LogP contribution in [0.3, 0.4) is 0 Å². The van der Waals surface area contributed by atoms with Gasteiger partial charge in [0, 0.05) is 19.2 Å². The van der Waals surface area contributed by atoms with Gasteiger partial charge in [0.1, 0.15) is 6.61 Å². The summed E-state index contributed by atoms with van der Waals surface area (Å²) < 4.78 is 4.80. The van der Waals surface area contributed by atoms with Gasteiger partial charge in [0.05, 0.1) is 6.07 Å². The Morgan fingerprint density at radius 3 is 2.57 bits per heavy atom. The van der Waals surface area contributed by atoms with E-state index in [0.717, 1.165) is 5.56 Å². The van der Waals surface area contributed by atoms with Gasteiger partial charge in [0.15, 0.2) is 5.41 Å². The first-order valence-electron chi connectivity index (χ1n) is 6.52. The maximum Gasteiger partial charge on any atom is 0.302 e. The molecular weight excluding hydrogens is 288 g/mol. The topological polar surface area (TPSA) is 79.2 Å². The summed E-state index contributed by atoms with van der Waals surface area (Å²) in [5.41, 5.74) is -0.364. The highest BCUT2D eigenvalue weighted by molar-refractivity contribution is 7.80. The number of nitrogens with one attached hydrogen (secondary N) is 1. The third-order valence-electron chi connectivity index (χ3n) is 2.98. The van der Waals surface area contributed by atoms with Crippen LogP contribution in [-0.2, 0) is 20.7 Å². The number of nitriles is 1. The molecule has 21 heavy (non-hydrogen) atoms. The molecule has 0 bridgehead atoms. The maximum atomic E-state index is 12.2. The molecule has 1 amide bonds. The SMILES string of the molecule is CC(=O)OCC(C#N)(CS)C(=O)NCCc1ccccc1. The third-order valence-corrected chi connectivity index (χ3v) is 3.52. The van der Waals surface area contributed by atoms with Crippen LogP contribution in [0.15, 0.2) is 30.3 Å². The molecule has 1 rings (SSSR count). The standard InChI is InChI=1S/C15H18N2O3S/c1-12(18)20-10-15(9-16,11-21)14(19)17-8-7-13-5-3-2-4-6-13/h2-6,21H,7-8,10-11H2,1H3,(H,17,19). The van der Waals surface area contributed by atoms with E-state index in [9.17, 15) is 14.9 Å². The highest BCUT2D eigenvalue weighted by Gasteiger charge is 2.38. The largest absolute Gasteiger partial charge is 0.464 e. The van der Waals surface area contributed by atoms with Crippen LogP contribution in [0.2, 0.25) is 0 Å². The quantitative estimate of drug-likeness (QED) is 0.589. The fraction of sp³-hybridized carbons (Fsp3) is 0.400. The first kappa shape index (κ1) is 17.1. The summed E-state index contributed by atoms with van der Waals surface area (Å²) in [5.74, 6) is -1.03. The Morgan fingerprint density at radius 1 is 1.38 bits per heavy atom. The number of ether oxygens (including phenoxy) is 1. The van der Waals surface area contributed by atoms with Crippen LogP contribution >= 0.6 is 12.6 Å². The summed E-state index contributed by atoms with van der Waals surface area (Å²) in [4.78, 5) is 23.0. The van der Waals surface area contributed by atoms with E-state index in [0.29, 0.717) is 13.0 Å². The van der Waals surface area contributed by atoms with Gasteiger partial charge in [-0.05, 0) is 12.0 Å². The van der Waals surface area contributed by atoms with Gasteiger partial charge in [0.25, 0.3) is 0 Å². The number of amides is 1. The molecule has 1 unspecified atom stereocenters. The lowest BCUT2D eigenvalue weighted by atomic mass is 9.92. The first-order valence-corrected chi connectivity index (χ1v) is 7.15. The Morgan fingerprint density at radius 2 is 2.05 bits per heavy atom. The second-order valence-electron chi connectivity index (χ2n) is 4.62. The summed E-state index contributed by atoms with van der Waals surface area (Å²) in [6.45, 7) is 1.34. The molecule has 0 saturated carbocycles. The van der Waals surface area contributed by atoms with Crippen molar-refractivity contribution < 1.29 is 14.3 Å². The summed E-state index contributed by atoms with van der Waals surface area (Å²) >= 11 is 4.04. The molecule has 0 fully saturated rings. The minimum Gasteiger partial charge on any atom is -0.464 e. The lowest BCUT2D eigenvalue weighted by Crippen LogP contribution is -2.45. The van der Waals surface area contributed by atoms with Crippen molar-refractivity contribution in [3.8, 4) is 6.07 Å². The van der Waals surface area contributed by atoms with Crippen LogP contribution < -0.4 is 5.32 Å². The van der Waals surface area contributed by atoms with Gasteiger partial charge in [-0.1, -0.05) is 30.3 Å². The Hall–Kier alpha value is -2.00. The lowest BCUT2D eigenvalue weighted by Gasteiger charge is -2.22. The van der Waals surface area contributed by atoms with Gasteiger partial charge < -0.3 is 10.1 Å². The monoisotopic (exact) mass is 306 g/mol. The molecule has 1 atom stereocenters. The van der Waals surface area contributed by atoms with E-state index in [-0.39, 0.29) is 12.4 Å². The number of carbonyl (C=O) groups excluding carboxylic acids is 2. The average molecular weight is 306 g/mol. The molecule has 1 N–H and O–H groups in total. The Kier molecular flexibility index (Phi) is 6.76. The molecule has 0 radical (unpaired) electrons. The molecular formula is C15H18N2O3S. The van der Waals surface area contributed by atoms with Crippen molar-refractivity contribution in [2.45, 2.75) is 13.3 Å². The molecule has 0 aliphatic heterocycles. The predicted molar refractivity (Wildman–Crippen MR) is 81.7 cm³/mol. The number of benzene rings is 1. The summed E-state index contributed by atoms with van der Waals surface area (Å²) in [6, 6.07) is 11.6. The minimum absolute atomic E-state index is 0.0199. The molecule has 1 aromatic carbocycles. The van der Waals surface area contributed by atoms with Crippen LogP contribution in [0.1, 0.15) is 12.5 Å². The number of hydrogen-bond donors (Lipinski definition) is 2. The molecule has 0 aromatic heterocycles. The van der Waals surface area contributed by atoms with Gasteiger partial charge >= 0.3 is 5.97 Å². The van der Waals surface area contributed by atoms with E-state index in [4.69, 9.17) is 4.74 Å². The van der Waals surface area contributed by atoms with Gasteiger partial charge in [-0.3, -0.25) is 9.59 Å². The first-order chi connectivity index (χ1) is 10.0. The summed E-state index contributed by atoms with van der Waals surface area (Å²) in [5, 5.41) is 11.9. The predicted octanol–water partition coefficient (Wildman–Crippen LogP) is 1.35. The van der Waals surface area contributed by atoms with E-state index < -0.39 is 17.3 Å². The zero-order valence-corrected chi connectivity index (χ0v) is 12.7. The van der Waals surface area contributed by atoms with Crippen molar-refractivity contribution in [2.24, 2.45) is 5.41 Å². The molecule has 0 aliphatic rings. The van der Waals surface area contributed by atoms with Crippen LogP contribution in [0.4, 0.5) is 0 Å². The number of thiol groups is 1. The molecule has 0 aliphatic carbocycles. The molecule has 0 heterocycles. The summed E-state index contributed by atoms with van der Waals surface area (Å²) in [6.07, 6.45) is 0.661. The molecule has 0 saturated heterocycles. The zero-order valence-electron chi connectivity index (χ0n) is 11.8. The Labute approximate surface area is 129 Å². The van der Waals surface area contributed by atoms with Crippen LogP contribution in [0, 0.1) is 16.7 Å². The smallest absolute Gasteiger partial charge is 0.302 e. The number of nitrogens with zero attached hydrogens (tertiary/aromatic N) is 1. The third kappa shape index (κ3) is 5.12. The van der Waals surface area contributed by atoms with Crippen molar-refractivity contribution in [3.63, 3.8) is 0 Å². The number of esters is 1. The van der Waals surface area contributed by atoms with Gasteiger partial charge in [-0.25, -0.2) is 0 Å². The number of hydrogen-bond acceptors (Lipinski definition) is 5. The van der Waals surface area contributed by atoms with Crippen molar-refractivity contribution in [3.05, 3.63) is 35.9 Å².